The van der Waals surface area contributed by atoms with Crippen molar-refractivity contribution in [3.05, 3.63) is 35.6 Å². The first-order valence-electron chi connectivity index (χ1n) is 7.56. The average molecular weight is 293 g/mol. The lowest BCUT2D eigenvalue weighted by atomic mass is 10.1. The second-order valence-electron chi connectivity index (χ2n) is 5.70. The Bertz CT molecular complexity index is 457. The Kier molecular flexibility index (Phi) is 5.70. The lowest BCUT2D eigenvalue weighted by Crippen LogP contribution is -2.53. The van der Waals surface area contributed by atoms with Crippen molar-refractivity contribution < 1.29 is 9.18 Å². The van der Waals surface area contributed by atoms with Crippen molar-refractivity contribution in [3.63, 3.8) is 0 Å². The number of benzene rings is 1. The predicted octanol–water partition coefficient (Wildman–Crippen LogP) is 1.17. The third-order valence-corrected chi connectivity index (χ3v) is 3.92. The van der Waals surface area contributed by atoms with E-state index < -0.39 is 0 Å². The van der Waals surface area contributed by atoms with Crippen LogP contribution in [0.15, 0.2) is 24.3 Å². The van der Waals surface area contributed by atoms with E-state index in [4.69, 9.17) is 0 Å². The van der Waals surface area contributed by atoms with Gasteiger partial charge in [-0.05, 0) is 38.0 Å². The molecule has 1 aromatic carbocycles. The monoisotopic (exact) mass is 293 g/mol. The van der Waals surface area contributed by atoms with Gasteiger partial charge in [0.05, 0.1) is 6.04 Å². The molecule has 0 aliphatic carbocycles. The maximum absolute atomic E-state index is 12.9. The van der Waals surface area contributed by atoms with Gasteiger partial charge in [0.2, 0.25) is 5.91 Å². The summed E-state index contributed by atoms with van der Waals surface area (Å²) in [5.41, 5.74) is 1.03. The van der Waals surface area contributed by atoms with Gasteiger partial charge in [-0.3, -0.25) is 9.69 Å². The minimum Gasteiger partial charge on any atom is -0.352 e. The Morgan fingerprint density at radius 2 is 1.90 bits per heavy atom. The van der Waals surface area contributed by atoms with Crippen LogP contribution in [0, 0.1) is 5.82 Å². The van der Waals surface area contributed by atoms with Crippen LogP contribution in [0.4, 0.5) is 4.39 Å². The number of halogens is 1. The smallest absolute Gasteiger partial charge is 0.237 e. The van der Waals surface area contributed by atoms with Crippen molar-refractivity contribution in [3.8, 4) is 0 Å². The number of hydrogen-bond acceptors (Lipinski definition) is 3. The lowest BCUT2D eigenvalue weighted by molar-refractivity contribution is -0.126. The fourth-order valence-electron chi connectivity index (χ4n) is 2.62. The Morgan fingerprint density at radius 1 is 1.29 bits per heavy atom. The quantitative estimate of drug-likeness (QED) is 0.856. The van der Waals surface area contributed by atoms with Crippen LogP contribution in [-0.2, 0) is 11.2 Å². The zero-order valence-electron chi connectivity index (χ0n) is 12.7. The SMILES string of the molecule is CC(Cc1ccc(F)cc1)NC(=O)C(C)N1CCNCC1. The van der Waals surface area contributed by atoms with Gasteiger partial charge < -0.3 is 10.6 Å². The molecular weight excluding hydrogens is 269 g/mol. The van der Waals surface area contributed by atoms with Gasteiger partial charge in [-0.15, -0.1) is 0 Å². The molecule has 1 aliphatic heterocycles. The molecule has 1 aliphatic rings. The highest BCUT2D eigenvalue weighted by Crippen LogP contribution is 2.07. The molecule has 2 unspecified atom stereocenters. The first kappa shape index (κ1) is 15.9. The van der Waals surface area contributed by atoms with Gasteiger partial charge in [0.15, 0.2) is 0 Å². The average Bonchev–Trinajstić information content (AvgIpc) is 2.49. The fraction of sp³-hybridized carbons (Fsp3) is 0.562. The molecule has 1 heterocycles. The maximum atomic E-state index is 12.9. The van der Waals surface area contributed by atoms with Crippen LogP contribution in [-0.4, -0.2) is 49.1 Å². The molecule has 1 aromatic rings. The van der Waals surface area contributed by atoms with Gasteiger partial charge in [-0.2, -0.15) is 0 Å². The van der Waals surface area contributed by atoms with E-state index in [0.29, 0.717) is 6.42 Å². The predicted molar refractivity (Wildman–Crippen MR) is 81.6 cm³/mol. The van der Waals surface area contributed by atoms with E-state index in [1.54, 1.807) is 12.1 Å². The van der Waals surface area contributed by atoms with Crippen LogP contribution in [0.2, 0.25) is 0 Å². The molecule has 1 amide bonds. The van der Waals surface area contributed by atoms with Crippen LogP contribution < -0.4 is 10.6 Å². The van der Waals surface area contributed by atoms with Crippen molar-refractivity contribution >= 4 is 5.91 Å². The third kappa shape index (κ3) is 4.79. The molecular formula is C16H24FN3O. The van der Waals surface area contributed by atoms with E-state index in [2.05, 4.69) is 15.5 Å². The molecule has 0 saturated carbocycles. The third-order valence-electron chi connectivity index (χ3n) is 3.92. The molecule has 0 aromatic heterocycles. The molecule has 2 N–H and O–H groups in total. The summed E-state index contributed by atoms with van der Waals surface area (Å²) in [6, 6.07) is 6.35. The zero-order chi connectivity index (χ0) is 15.2. The Morgan fingerprint density at radius 3 is 2.52 bits per heavy atom. The molecule has 4 nitrogen and oxygen atoms in total. The molecule has 1 fully saturated rings. The van der Waals surface area contributed by atoms with E-state index in [0.717, 1.165) is 31.7 Å². The van der Waals surface area contributed by atoms with Crippen molar-refractivity contribution in [2.75, 3.05) is 26.2 Å². The van der Waals surface area contributed by atoms with Gasteiger partial charge in [0.25, 0.3) is 0 Å². The van der Waals surface area contributed by atoms with Crippen molar-refractivity contribution in [1.29, 1.82) is 0 Å². The number of piperazine rings is 1. The minimum atomic E-state index is -0.234. The first-order valence-corrected chi connectivity index (χ1v) is 7.56. The molecule has 2 rings (SSSR count). The Hall–Kier alpha value is -1.46. The summed E-state index contributed by atoms with van der Waals surface area (Å²) in [5.74, 6) is -0.172. The zero-order valence-corrected chi connectivity index (χ0v) is 12.7. The van der Waals surface area contributed by atoms with Crippen LogP contribution in [0.5, 0.6) is 0 Å². The maximum Gasteiger partial charge on any atom is 0.237 e. The lowest BCUT2D eigenvalue weighted by Gasteiger charge is -2.32. The molecule has 0 spiro atoms. The molecule has 0 radical (unpaired) electrons. The highest BCUT2D eigenvalue weighted by molar-refractivity contribution is 5.81. The van der Waals surface area contributed by atoms with Crippen LogP contribution in [0.3, 0.4) is 0 Å². The standard InChI is InChI=1S/C16H24FN3O/c1-12(11-14-3-5-15(17)6-4-14)19-16(21)13(2)20-9-7-18-8-10-20/h3-6,12-13,18H,7-11H2,1-2H3,(H,19,21). The second kappa shape index (κ2) is 7.52. The van der Waals surface area contributed by atoms with E-state index in [-0.39, 0.29) is 23.8 Å². The number of carbonyl (C=O) groups is 1. The van der Waals surface area contributed by atoms with Gasteiger partial charge in [-0.1, -0.05) is 12.1 Å². The number of amides is 1. The molecule has 116 valence electrons. The highest BCUT2D eigenvalue weighted by Gasteiger charge is 2.23. The van der Waals surface area contributed by atoms with Crippen LogP contribution >= 0.6 is 0 Å². The number of hydrogen-bond donors (Lipinski definition) is 2. The number of nitrogens with one attached hydrogen (secondary N) is 2. The molecule has 5 heteroatoms. The number of rotatable bonds is 5. The Labute approximate surface area is 125 Å². The number of nitrogens with zero attached hydrogens (tertiary/aromatic N) is 1. The van der Waals surface area contributed by atoms with Crippen LogP contribution in [0.1, 0.15) is 19.4 Å². The summed E-state index contributed by atoms with van der Waals surface area (Å²) in [6.07, 6.45) is 0.709. The second-order valence-corrected chi connectivity index (χ2v) is 5.70. The number of carbonyl (C=O) groups excluding carboxylic acids is 1. The first-order chi connectivity index (χ1) is 10.1. The molecule has 21 heavy (non-hydrogen) atoms. The minimum absolute atomic E-state index is 0.0355. The van der Waals surface area contributed by atoms with E-state index >= 15 is 0 Å². The highest BCUT2D eigenvalue weighted by atomic mass is 19.1. The topological polar surface area (TPSA) is 44.4 Å². The van der Waals surface area contributed by atoms with Crippen molar-refractivity contribution in [2.45, 2.75) is 32.4 Å². The summed E-state index contributed by atoms with van der Waals surface area (Å²) in [4.78, 5) is 14.5. The van der Waals surface area contributed by atoms with Gasteiger partial charge in [-0.25, -0.2) is 4.39 Å². The van der Waals surface area contributed by atoms with Crippen molar-refractivity contribution in [1.82, 2.24) is 15.5 Å². The summed E-state index contributed by atoms with van der Waals surface area (Å²) < 4.78 is 12.9. The molecule has 2 atom stereocenters. The Balaban J connectivity index is 1.82. The summed E-state index contributed by atoms with van der Waals surface area (Å²) in [7, 11) is 0. The normalized spacial score (nSPS) is 19.0. The van der Waals surface area contributed by atoms with Crippen molar-refractivity contribution in [2.24, 2.45) is 0 Å². The van der Waals surface area contributed by atoms with E-state index in [1.165, 1.54) is 12.1 Å². The summed E-state index contributed by atoms with van der Waals surface area (Å²) in [5, 5.41) is 6.33. The van der Waals surface area contributed by atoms with E-state index in [1.807, 2.05) is 13.8 Å². The van der Waals surface area contributed by atoms with Gasteiger partial charge >= 0.3 is 0 Å². The van der Waals surface area contributed by atoms with Crippen LogP contribution in [0.25, 0.3) is 0 Å². The fourth-order valence-corrected chi connectivity index (χ4v) is 2.62. The van der Waals surface area contributed by atoms with Gasteiger partial charge in [0, 0.05) is 32.2 Å². The van der Waals surface area contributed by atoms with E-state index in [9.17, 15) is 9.18 Å². The molecule has 0 bridgehead atoms. The van der Waals surface area contributed by atoms with Gasteiger partial charge in [0.1, 0.15) is 5.82 Å². The summed E-state index contributed by atoms with van der Waals surface area (Å²) in [6.45, 7) is 7.60. The summed E-state index contributed by atoms with van der Waals surface area (Å²) >= 11 is 0. The largest absolute Gasteiger partial charge is 0.352 e. The molecule has 1 saturated heterocycles.